The summed E-state index contributed by atoms with van der Waals surface area (Å²) in [5.41, 5.74) is -0.226. The highest BCUT2D eigenvalue weighted by Gasteiger charge is 2.59. The highest BCUT2D eigenvalue weighted by molar-refractivity contribution is 6.81. The molecule has 5 unspecified atom stereocenters. The van der Waals surface area contributed by atoms with E-state index in [9.17, 15) is 0 Å². The van der Waals surface area contributed by atoms with Crippen LogP contribution in [0.15, 0.2) is 0 Å². The molecule has 5 atom stereocenters. The van der Waals surface area contributed by atoms with Crippen LogP contribution in [-0.4, -0.2) is 49.8 Å². The van der Waals surface area contributed by atoms with E-state index in [4.69, 9.17) is 13.3 Å². The van der Waals surface area contributed by atoms with E-state index in [-0.39, 0.29) is 21.1 Å². The molecule has 0 aromatic heterocycles. The van der Waals surface area contributed by atoms with Gasteiger partial charge in [-0.1, -0.05) is 54.3 Å². The van der Waals surface area contributed by atoms with Crippen molar-refractivity contribution in [3.63, 3.8) is 0 Å². The summed E-state index contributed by atoms with van der Waals surface area (Å²) < 4.78 is 21.4. The standard InChI is InChI=1S/C25H60O3Si4/c1-18-22(5,26-29(9)24(7,20-3)27-31(13,14)15)23(6,19-2)32(16,17)28-25(8,21-4)30(10,11)12/h29H,18-21H2,1-17H3. The molecule has 3 nitrogen and oxygen atoms in total. The van der Waals surface area contributed by atoms with Gasteiger partial charge in [-0.15, -0.1) is 0 Å². The SMILES string of the molecule is CCC(C)(O[Si](C)(C)C)[SiH](C)OC(C)(CC)C(C)(CC)[Si](C)(C)OC(C)(CC)[Si](C)(C)C. The van der Waals surface area contributed by atoms with Crippen molar-refractivity contribution in [1.82, 2.24) is 0 Å². The Labute approximate surface area is 207 Å². The normalized spacial score (nSPS) is 22.4. The van der Waals surface area contributed by atoms with Crippen LogP contribution in [0.2, 0.25) is 64.0 Å². The van der Waals surface area contributed by atoms with Crippen LogP contribution in [0.25, 0.3) is 0 Å². The summed E-state index contributed by atoms with van der Waals surface area (Å²) in [6.45, 7) is 40.2. The zero-order valence-corrected chi connectivity index (χ0v) is 29.3. The second kappa shape index (κ2) is 10.8. The molecule has 0 bridgehead atoms. The summed E-state index contributed by atoms with van der Waals surface area (Å²) in [4.78, 5) is 0. The summed E-state index contributed by atoms with van der Waals surface area (Å²) in [5.74, 6) is 0. The van der Waals surface area contributed by atoms with Gasteiger partial charge in [0.2, 0.25) is 9.04 Å². The Bertz CT molecular complexity index is 601. The Hall–Kier alpha value is 0.748. The van der Waals surface area contributed by atoms with Crippen molar-refractivity contribution in [2.24, 2.45) is 0 Å². The van der Waals surface area contributed by atoms with Gasteiger partial charge in [0.1, 0.15) is 0 Å². The molecule has 32 heavy (non-hydrogen) atoms. The van der Waals surface area contributed by atoms with Gasteiger partial charge in [0, 0.05) is 10.3 Å². The minimum absolute atomic E-state index is 0.0000967. The van der Waals surface area contributed by atoms with Gasteiger partial charge in [-0.05, 0) is 85.7 Å². The van der Waals surface area contributed by atoms with E-state index in [1.807, 2.05) is 0 Å². The molecule has 0 rings (SSSR count). The lowest BCUT2D eigenvalue weighted by molar-refractivity contribution is -0.00379. The second-order valence-corrected chi connectivity index (χ2v) is 30.4. The molecule has 0 amide bonds. The maximum Gasteiger partial charge on any atom is 0.204 e. The van der Waals surface area contributed by atoms with Gasteiger partial charge in [-0.25, -0.2) is 0 Å². The summed E-state index contributed by atoms with van der Waals surface area (Å²) >= 11 is 0. The Balaban J connectivity index is 6.30. The van der Waals surface area contributed by atoms with E-state index < -0.39 is 33.7 Å². The largest absolute Gasteiger partial charge is 0.414 e. The third-order valence-corrected chi connectivity index (χ3v) is 21.9. The fourth-order valence-electron chi connectivity index (χ4n) is 5.13. The lowest BCUT2D eigenvalue weighted by Gasteiger charge is -2.58. The lowest BCUT2D eigenvalue weighted by Crippen LogP contribution is -2.65. The van der Waals surface area contributed by atoms with Crippen LogP contribution in [-0.2, 0) is 13.3 Å². The summed E-state index contributed by atoms with van der Waals surface area (Å²) in [6, 6.07) is 0. The van der Waals surface area contributed by atoms with E-state index in [2.05, 4.69) is 114 Å². The van der Waals surface area contributed by atoms with Crippen molar-refractivity contribution in [2.45, 2.75) is 161 Å². The molecular weight excluding hydrogens is 461 g/mol. The first kappa shape index (κ1) is 32.7. The molecule has 0 spiro atoms. The predicted molar refractivity (Wildman–Crippen MR) is 155 cm³/mol. The number of rotatable bonds is 14. The molecule has 0 aliphatic rings. The van der Waals surface area contributed by atoms with Crippen molar-refractivity contribution in [1.29, 1.82) is 0 Å². The van der Waals surface area contributed by atoms with Crippen LogP contribution < -0.4 is 0 Å². The predicted octanol–water partition coefficient (Wildman–Crippen LogP) is 8.52. The first-order valence-electron chi connectivity index (χ1n) is 13.1. The minimum atomic E-state index is -2.16. The van der Waals surface area contributed by atoms with Gasteiger partial charge < -0.3 is 13.3 Å². The first-order valence-corrected chi connectivity index (χ1v) is 25.1. The first-order chi connectivity index (χ1) is 14.0. The number of hydrogen-bond donors (Lipinski definition) is 0. The van der Waals surface area contributed by atoms with E-state index in [0.29, 0.717) is 0 Å². The fourth-order valence-corrected chi connectivity index (χ4v) is 17.5. The Kier molecular flexibility index (Phi) is 11.0. The molecule has 0 heterocycles. The van der Waals surface area contributed by atoms with E-state index in [1.54, 1.807) is 0 Å². The summed E-state index contributed by atoms with van der Waals surface area (Å²) in [7, 11) is -7.01. The molecule has 0 saturated carbocycles. The van der Waals surface area contributed by atoms with Crippen LogP contribution in [0.4, 0.5) is 0 Å². The molecule has 0 fully saturated rings. The molecule has 0 aliphatic carbocycles. The van der Waals surface area contributed by atoms with Crippen LogP contribution >= 0.6 is 0 Å². The quantitative estimate of drug-likeness (QED) is 0.215. The lowest BCUT2D eigenvalue weighted by atomic mass is 9.85. The van der Waals surface area contributed by atoms with Crippen molar-refractivity contribution in [2.75, 3.05) is 0 Å². The monoisotopic (exact) mass is 520 g/mol. The zero-order valence-electron chi connectivity index (χ0n) is 25.1. The van der Waals surface area contributed by atoms with E-state index in [1.165, 1.54) is 0 Å². The third-order valence-electron chi connectivity index (χ3n) is 9.16. The fraction of sp³-hybridized carbons (Fsp3) is 1.00. The Morgan fingerprint density at radius 3 is 1.41 bits per heavy atom. The highest BCUT2D eigenvalue weighted by Crippen LogP contribution is 2.56. The van der Waals surface area contributed by atoms with Gasteiger partial charge in [0.05, 0.1) is 18.9 Å². The van der Waals surface area contributed by atoms with Crippen molar-refractivity contribution in [3.8, 4) is 0 Å². The van der Waals surface area contributed by atoms with Crippen molar-refractivity contribution in [3.05, 3.63) is 0 Å². The number of hydrogen-bond acceptors (Lipinski definition) is 3. The average Bonchev–Trinajstić information content (AvgIpc) is 2.63. The smallest absolute Gasteiger partial charge is 0.204 e. The van der Waals surface area contributed by atoms with E-state index >= 15 is 0 Å². The molecule has 0 aromatic rings. The van der Waals surface area contributed by atoms with Crippen LogP contribution in [0.5, 0.6) is 0 Å². The molecule has 0 aliphatic heterocycles. The van der Waals surface area contributed by atoms with Crippen LogP contribution in [0, 0.1) is 0 Å². The zero-order chi connectivity index (χ0) is 26.0. The van der Waals surface area contributed by atoms with Gasteiger partial charge in [-0.2, -0.15) is 0 Å². The van der Waals surface area contributed by atoms with Gasteiger partial charge in [0.25, 0.3) is 0 Å². The molecule has 0 radical (unpaired) electrons. The Morgan fingerprint density at radius 2 is 1.12 bits per heavy atom. The second-order valence-electron chi connectivity index (χ2n) is 13.4. The van der Waals surface area contributed by atoms with Crippen molar-refractivity contribution >= 4 is 33.7 Å². The van der Waals surface area contributed by atoms with Crippen LogP contribution in [0.1, 0.15) is 81.1 Å². The molecule has 0 N–H and O–H groups in total. The minimum Gasteiger partial charge on any atom is -0.414 e. The summed E-state index contributed by atoms with van der Waals surface area (Å²) in [6.07, 6.45) is 4.15. The average molecular weight is 521 g/mol. The maximum absolute atomic E-state index is 7.33. The topological polar surface area (TPSA) is 27.7 Å². The maximum atomic E-state index is 7.33. The molecule has 7 heteroatoms. The Morgan fingerprint density at radius 1 is 0.656 bits per heavy atom. The third kappa shape index (κ3) is 6.91. The highest BCUT2D eigenvalue weighted by atomic mass is 28.4. The summed E-state index contributed by atoms with van der Waals surface area (Å²) in [5, 5.41) is -0.159. The van der Waals surface area contributed by atoms with Gasteiger partial charge in [-0.3, -0.25) is 0 Å². The van der Waals surface area contributed by atoms with Crippen molar-refractivity contribution < 1.29 is 13.3 Å². The van der Waals surface area contributed by atoms with Gasteiger partial charge in [0.15, 0.2) is 16.6 Å². The molecule has 0 saturated heterocycles. The molecule has 194 valence electrons. The molecule has 0 aromatic carbocycles. The van der Waals surface area contributed by atoms with E-state index in [0.717, 1.165) is 25.7 Å². The van der Waals surface area contributed by atoms with Gasteiger partial charge >= 0.3 is 0 Å². The van der Waals surface area contributed by atoms with Crippen LogP contribution in [0.3, 0.4) is 0 Å². The molecular formula is C25H60O3Si4.